The van der Waals surface area contributed by atoms with Gasteiger partial charge in [-0.1, -0.05) is 56.3 Å². The molecule has 0 saturated heterocycles. The van der Waals surface area contributed by atoms with Crippen molar-refractivity contribution in [1.29, 1.82) is 0 Å². The first-order valence-electron chi connectivity index (χ1n) is 10.3. The number of carbonyl (C=O) groups excluding carboxylic acids is 1. The van der Waals surface area contributed by atoms with E-state index in [4.69, 9.17) is 0 Å². The van der Waals surface area contributed by atoms with Crippen LogP contribution < -0.4 is 5.56 Å². The molecule has 10 heteroatoms. The largest absolute Gasteiger partial charge is 0.506 e. The van der Waals surface area contributed by atoms with E-state index in [0.717, 1.165) is 26.8 Å². The summed E-state index contributed by atoms with van der Waals surface area (Å²) in [4.78, 5) is 25.4. The van der Waals surface area contributed by atoms with Gasteiger partial charge in [-0.25, -0.2) is 0 Å². The van der Waals surface area contributed by atoms with E-state index in [2.05, 4.69) is 0 Å². The zero-order valence-corrected chi connectivity index (χ0v) is 21.5. The van der Waals surface area contributed by atoms with Crippen LogP contribution in [0.15, 0.2) is 71.5 Å². The fourth-order valence-corrected chi connectivity index (χ4v) is 4.75. The maximum Gasteiger partial charge on any atom is 0.455 e. The monoisotopic (exact) mass is 638 g/mol. The summed E-state index contributed by atoms with van der Waals surface area (Å²) in [6.07, 6.45) is -5.32. The minimum atomic E-state index is -5.32. The van der Waals surface area contributed by atoms with Crippen LogP contribution in [-0.4, -0.2) is 32.6 Å². The number of rotatable bonds is 2. The molecule has 0 bridgehead atoms. The van der Waals surface area contributed by atoms with Crippen LogP contribution in [0.2, 0.25) is 0 Å². The third kappa shape index (κ3) is 4.35. The second-order valence-corrected chi connectivity index (χ2v) is 8.61. The Morgan fingerprint density at radius 3 is 2.08 bits per heavy atom. The van der Waals surface area contributed by atoms with Crippen LogP contribution in [0.25, 0.3) is 27.7 Å². The van der Waals surface area contributed by atoms with E-state index in [0.29, 0.717) is 0 Å². The first kappa shape index (κ1) is 29.9. The number of halogens is 3. The van der Waals surface area contributed by atoms with Crippen molar-refractivity contribution < 1.29 is 83.4 Å². The van der Waals surface area contributed by atoms with Crippen molar-refractivity contribution in [2.45, 2.75) is 25.4 Å². The molecule has 0 saturated carbocycles. The number of benzene rings is 3. The van der Waals surface area contributed by atoms with Crippen molar-refractivity contribution in [3.8, 4) is 22.6 Å². The van der Waals surface area contributed by atoms with E-state index in [9.17, 15) is 27.9 Å². The van der Waals surface area contributed by atoms with E-state index in [1.165, 1.54) is 0 Å². The van der Waals surface area contributed by atoms with E-state index >= 15 is 0 Å². The van der Waals surface area contributed by atoms with Gasteiger partial charge in [0, 0.05) is 65.9 Å². The molecule has 5 N–H and O–H groups in total. The van der Waals surface area contributed by atoms with Gasteiger partial charge in [0.1, 0.15) is 11.3 Å². The third-order valence-electron chi connectivity index (χ3n) is 6.35. The average molecular weight is 637 g/mol. The molecule has 5 rings (SSSR count). The van der Waals surface area contributed by atoms with Crippen LogP contribution in [0, 0.1) is 49.4 Å². The molecule has 3 aromatic carbocycles. The minimum Gasteiger partial charge on any atom is -0.506 e. The van der Waals surface area contributed by atoms with Gasteiger partial charge in [0.15, 0.2) is 0 Å². The predicted molar refractivity (Wildman–Crippen MR) is 126 cm³/mol. The third-order valence-corrected chi connectivity index (χ3v) is 6.35. The number of pyridine rings is 1. The average Bonchev–Trinajstić information content (AvgIpc) is 3.00. The number of carbonyl (C=O) groups is 1. The van der Waals surface area contributed by atoms with Crippen molar-refractivity contribution in [2.24, 2.45) is 0 Å². The number of para-hydroxylation sites is 1. The van der Waals surface area contributed by atoms with E-state index in [1.54, 1.807) is 42.5 Å². The second-order valence-electron chi connectivity index (χ2n) is 8.61. The van der Waals surface area contributed by atoms with Crippen molar-refractivity contribution in [2.75, 3.05) is 0 Å². The fourth-order valence-electron chi connectivity index (χ4n) is 4.75. The quantitative estimate of drug-likeness (QED) is 0.333. The Morgan fingerprint density at radius 1 is 0.889 bits per heavy atom. The zero-order valence-electron chi connectivity index (χ0n) is 19.1. The number of hydrogen-bond acceptors (Lipinski definition) is 3. The molecule has 1 heterocycles. The molecule has 1 aliphatic carbocycles. The first-order valence-corrected chi connectivity index (χ1v) is 10.3. The van der Waals surface area contributed by atoms with Gasteiger partial charge in [-0.2, -0.15) is 13.2 Å². The number of alkyl halides is 3. The summed E-state index contributed by atoms with van der Waals surface area (Å²) in [6, 6.07) is 19.0. The smallest absolute Gasteiger partial charge is 0.455 e. The maximum absolute atomic E-state index is 13.3. The summed E-state index contributed by atoms with van der Waals surface area (Å²) in [5.41, 5.74) is 1.09. The van der Waals surface area contributed by atoms with E-state index in [-0.39, 0.29) is 76.9 Å². The number of aromatic hydroxyl groups is 1. The molecular weight excluding hydrogens is 615 g/mol. The van der Waals surface area contributed by atoms with Gasteiger partial charge in [0.05, 0.1) is 5.52 Å². The zero-order chi connectivity index (χ0) is 23.7. The number of Topliss-reactive ketones (excluding diaryl/α,β-unsaturated/α-hetero) is 1. The van der Waals surface area contributed by atoms with E-state index < -0.39 is 34.2 Å². The predicted octanol–water partition coefficient (Wildman–Crippen LogP) is 4.10. The molecule has 1 radical (unpaired) electrons. The molecule has 36 heavy (non-hydrogen) atoms. The molecule has 1 aromatic heterocycles. The molecule has 0 aliphatic heterocycles. The maximum atomic E-state index is 13.3. The summed E-state index contributed by atoms with van der Waals surface area (Å²) in [5, 5.41) is 10.8. The summed E-state index contributed by atoms with van der Waals surface area (Å²) < 4.78 is 41.1. The SMILES string of the molecule is CC1(C)c2ccccc2-c2cc3c(O)c(C(=O)C(F)(F)F)c(=O)n(-c4ccccc4)c3cc21.O.O.[Eu]. The van der Waals surface area contributed by atoms with Crippen LogP contribution in [0.5, 0.6) is 5.75 Å². The van der Waals surface area contributed by atoms with Gasteiger partial charge in [-0.15, -0.1) is 0 Å². The van der Waals surface area contributed by atoms with Gasteiger partial charge >= 0.3 is 6.18 Å². The molecule has 0 atom stereocenters. The topological polar surface area (TPSA) is 122 Å². The normalized spacial score (nSPS) is 13.0. The molecule has 0 fully saturated rings. The van der Waals surface area contributed by atoms with Crippen molar-refractivity contribution >= 4 is 16.7 Å². The molecule has 0 unspecified atom stereocenters. The molecule has 4 aromatic rings. The van der Waals surface area contributed by atoms with Crippen LogP contribution >= 0.6 is 0 Å². The van der Waals surface area contributed by atoms with E-state index in [1.807, 2.05) is 38.1 Å². The Bertz CT molecular complexity index is 1530. The molecule has 6 nitrogen and oxygen atoms in total. The Labute approximate surface area is 244 Å². The molecule has 0 spiro atoms. The van der Waals surface area contributed by atoms with Gasteiger partial charge < -0.3 is 16.1 Å². The van der Waals surface area contributed by atoms with Crippen LogP contribution in [0.4, 0.5) is 13.2 Å². The van der Waals surface area contributed by atoms with Gasteiger partial charge in [0.25, 0.3) is 11.3 Å². The molecule has 189 valence electrons. The fraction of sp³-hybridized carbons (Fsp3) is 0.154. The Morgan fingerprint density at radius 2 is 1.47 bits per heavy atom. The van der Waals surface area contributed by atoms with Crippen molar-refractivity contribution in [3.05, 3.63) is 93.8 Å². The second kappa shape index (κ2) is 10.2. The minimum absolute atomic E-state index is 0. The van der Waals surface area contributed by atoms with Gasteiger partial charge in [0.2, 0.25) is 0 Å². The first-order chi connectivity index (χ1) is 15.5. The van der Waals surface area contributed by atoms with Gasteiger partial charge in [-0.3, -0.25) is 14.2 Å². The van der Waals surface area contributed by atoms with Crippen LogP contribution in [-0.2, 0) is 5.41 Å². The number of hydrogen-bond donors (Lipinski definition) is 1. The summed E-state index contributed by atoms with van der Waals surface area (Å²) >= 11 is 0. The van der Waals surface area contributed by atoms with Crippen LogP contribution in [0.1, 0.15) is 35.3 Å². The molecule has 0 amide bonds. The number of nitrogens with zero attached hydrogens (tertiary/aromatic N) is 1. The van der Waals surface area contributed by atoms with Crippen LogP contribution in [0.3, 0.4) is 0 Å². The summed E-state index contributed by atoms with van der Waals surface area (Å²) in [5.74, 6) is -3.34. The number of ketones is 1. The summed E-state index contributed by atoms with van der Waals surface area (Å²) in [7, 11) is 0. The van der Waals surface area contributed by atoms with Gasteiger partial charge in [-0.05, 0) is 46.5 Å². The Kier molecular flexibility index (Phi) is 8.45. The van der Waals surface area contributed by atoms with Crippen molar-refractivity contribution in [1.82, 2.24) is 4.57 Å². The number of aromatic nitrogens is 1. The molecular formula is C26H22EuF3NO5. The Balaban J connectivity index is 0.00000152. The van der Waals surface area contributed by atoms with Crippen molar-refractivity contribution in [3.63, 3.8) is 0 Å². The Hall–Kier alpha value is -2.37. The standard InChI is InChI=1S/C26H18F3NO3.Eu.2H2O/c1-25(2)18-11-7-6-10-15(18)16-12-17-20(13-19(16)25)30(14-8-4-3-5-9-14)24(33)21(22(17)31)23(32)26(27,28)29;;;/h3-13,31H,1-2H3;;2*1H2. The molecule has 1 aliphatic rings. The summed E-state index contributed by atoms with van der Waals surface area (Å²) in [6.45, 7) is 4.05. The number of fused-ring (bicyclic) bond motifs is 4.